The Morgan fingerprint density at radius 3 is 2.54 bits per heavy atom. The number of aromatic nitrogens is 1. The second-order valence-corrected chi connectivity index (χ2v) is 6.93. The van der Waals surface area contributed by atoms with Gasteiger partial charge in [-0.05, 0) is 61.9 Å². The van der Waals surface area contributed by atoms with Crippen LogP contribution in [-0.2, 0) is 6.54 Å². The van der Waals surface area contributed by atoms with E-state index in [-0.39, 0.29) is 12.0 Å². The number of anilines is 2. The van der Waals surface area contributed by atoms with Crippen LogP contribution in [0.5, 0.6) is 5.75 Å². The molecule has 0 atom stereocenters. The van der Waals surface area contributed by atoms with Crippen LogP contribution in [0.4, 0.5) is 11.4 Å². The summed E-state index contributed by atoms with van der Waals surface area (Å²) in [7, 11) is 0. The number of hydrogen-bond acceptors (Lipinski definition) is 4. The van der Waals surface area contributed by atoms with Crippen LogP contribution in [0.1, 0.15) is 29.9 Å². The fourth-order valence-corrected chi connectivity index (χ4v) is 2.80. The zero-order valence-corrected chi connectivity index (χ0v) is 16.5. The van der Waals surface area contributed by atoms with Gasteiger partial charge in [0.25, 0.3) is 5.91 Å². The Kier molecular flexibility index (Phi) is 6.50. The lowest BCUT2D eigenvalue weighted by Crippen LogP contribution is -2.24. The molecule has 3 rings (SSSR count). The van der Waals surface area contributed by atoms with Crippen molar-refractivity contribution in [1.29, 1.82) is 0 Å². The molecule has 0 spiro atoms. The molecule has 0 radical (unpaired) electrons. The summed E-state index contributed by atoms with van der Waals surface area (Å²) in [6.07, 6.45) is 1.73. The maximum atomic E-state index is 12.4. The highest BCUT2D eigenvalue weighted by Crippen LogP contribution is 2.21. The minimum absolute atomic E-state index is 0.130. The average molecular weight is 396 g/mol. The maximum absolute atomic E-state index is 12.4. The molecule has 6 heteroatoms. The number of pyridine rings is 1. The Hall–Kier alpha value is -3.05. The number of carbonyl (C=O) groups is 1. The molecule has 3 aromatic rings. The second kappa shape index (κ2) is 9.24. The first-order valence-electron chi connectivity index (χ1n) is 9.02. The lowest BCUT2D eigenvalue weighted by molar-refractivity contribution is 0.0946. The van der Waals surface area contributed by atoms with Crippen LogP contribution in [0.2, 0.25) is 5.02 Å². The van der Waals surface area contributed by atoms with Gasteiger partial charge < -0.3 is 15.4 Å². The van der Waals surface area contributed by atoms with Crippen molar-refractivity contribution >= 4 is 28.9 Å². The number of benzene rings is 2. The number of nitrogens with one attached hydrogen (secondary N) is 2. The molecule has 0 saturated carbocycles. The molecule has 2 aromatic carbocycles. The molecule has 0 aliphatic carbocycles. The van der Waals surface area contributed by atoms with E-state index < -0.39 is 0 Å². The van der Waals surface area contributed by atoms with Gasteiger partial charge in [-0.3, -0.25) is 9.78 Å². The Bertz CT molecular complexity index is 943. The largest absolute Gasteiger partial charge is 0.491 e. The molecule has 0 aliphatic heterocycles. The van der Waals surface area contributed by atoms with Crippen molar-refractivity contribution < 1.29 is 9.53 Å². The minimum atomic E-state index is -0.260. The van der Waals surface area contributed by atoms with Gasteiger partial charge in [0.15, 0.2) is 0 Å². The number of hydrogen-bond donors (Lipinski definition) is 2. The Morgan fingerprint density at radius 2 is 1.82 bits per heavy atom. The normalized spacial score (nSPS) is 10.6. The van der Waals surface area contributed by atoms with Gasteiger partial charge in [0.2, 0.25) is 0 Å². The molecule has 0 aliphatic rings. The minimum Gasteiger partial charge on any atom is -0.491 e. The standard InChI is InChI=1S/C22H22ClN3O2/c1-15(2)28-19-9-7-17(8-10-19)26-18-11-12-24-21(13-18)22(27)25-14-16-5-3-4-6-20(16)23/h3-13,15H,14H2,1-2H3,(H,24,26)(H,25,27). The maximum Gasteiger partial charge on any atom is 0.270 e. The molecule has 1 heterocycles. The first-order chi connectivity index (χ1) is 13.5. The van der Waals surface area contributed by atoms with Gasteiger partial charge in [0, 0.05) is 29.1 Å². The van der Waals surface area contributed by atoms with Crippen molar-refractivity contribution in [3.8, 4) is 5.75 Å². The Labute approximate surface area is 169 Å². The molecule has 1 aromatic heterocycles. The van der Waals surface area contributed by atoms with Crippen molar-refractivity contribution in [3.63, 3.8) is 0 Å². The monoisotopic (exact) mass is 395 g/mol. The van der Waals surface area contributed by atoms with E-state index >= 15 is 0 Å². The van der Waals surface area contributed by atoms with Crippen molar-refractivity contribution in [1.82, 2.24) is 10.3 Å². The van der Waals surface area contributed by atoms with Gasteiger partial charge in [-0.25, -0.2) is 0 Å². The van der Waals surface area contributed by atoms with E-state index in [9.17, 15) is 4.79 Å². The van der Waals surface area contributed by atoms with Gasteiger partial charge in [-0.15, -0.1) is 0 Å². The van der Waals surface area contributed by atoms with E-state index in [1.807, 2.05) is 62.4 Å². The molecule has 28 heavy (non-hydrogen) atoms. The highest BCUT2D eigenvalue weighted by atomic mass is 35.5. The summed E-state index contributed by atoms with van der Waals surface area (Å²) in [5.41, 5.74) is 2.85. The molecule has 0 saturated heterocycles. The molecule has 5 nitrogen and oxygen atoms in total. The summed E-state index contributed by atoms with van der Waals surface area (Å²) in [6.45, 7) is 4.32. The summed E-state index contributed by atoms with van der Waals surface area (Å²) in [5.74, 6) is 0.555. The Balaban J connectivity index is 1.63. The van der Waals surface area contributed by atoms with Crippen LogP contribution < -0.4 is 15.4 Å². The molecular weight excluding hydrogens is 374 g/mol. The molecule has 0 bridgehead atoms. The van der Waals surface area contributed by atoms with Crippen LogP contribution in [0.3, 0.4) is 0 Å². The second-order valence-electron chi connectivity index (χ2n) is 6.52. The first-order valence-corrected chi connectivity index (χ1v) is 9.40. The number of ether oxygens (including phenoxy) is 1. The van der Waals surface area contributed by atoms with Crippen molar-refractivity contribution in [3.05, 3.63) is 83.1 Å². The Morgan fingerprint density at radius 1 is 1.07 bits per heavy atom. The zero-order chi connectivity index (χ0) is 19.9. The number of nitrogens with zero attached hydrogens (tertiary/aromatic N) is 1. The highest BCUT2D eigenvalue weighted by Gasteiger charge is 2.09. The van der Waals surface area contributed by atoms with Gasteiger partial charge in [0.05, 0.1) is 6.10 Å². The summed E-state index contributed by atoms with van der Waals surface area (Å²) in [4.78, 5) is 16.6. The van der Waals surface area contributed by atoms with E-state index in [2.05, 4.69) is 15.6 Å². The van der Waals surface area contributed by atoms with Crippen LogP contribution in [0, 0.1) is 0 Å². The van der Waals surface area contributed by atoms with Crippen LogP contribution >= 0.6 is 11.6 Å². The predicted molar refractivity (Wildman–Crippen MR) is 112 cm³/mol. The topological polar surface area (TPSA) is 63.2 Å². The fraction of sp³-hybridized carbons (Fsp3) is 0.182. The molecule has 1 amide bonds. The van der Waals surface area contributed by atoms with Gasteiger partial charge in [-0.2, -0.15) is 0 Å². The van der Waals surface area contributed by atoms with Gasteiger partial charge >= 0.3 is 0 Å². The predicted octanol–water partition coefficient (Wildman–Crippen LogP) is 5.20. The molecule has 2 N–H and O–H groups in total. The summed E-state index contributed by atoms with van der Waals surface area (Å²) in [6, 6.07) is 18.6. The van der Waals surface area contributed by atoms with Crippen LogP contribution in [0.25, 0.3) is 0 Å². The summed E-state index contributed by atoms with van der Waals surface area (Å²) < 4.78 is 5.64. The van der Waals surface area contributed by atoms with E-state index in [1.165, 1.54) is 0 Å². The molecule has 144 valence electrons. The number of carbonyl (C=O) groups excluding carboxylic acids is 1. The summed E-state index contributed by atoms with van der Waals surface area (Å²) >= 11 is 6.12. The molecule has 0 fully saturated rings. The SMILES string of the molecule is CC(C)Oc1ccc(Nc2ccnc(C(=O)NCc3ccccc3Cl)c2)cc1. The van der Waals surface area contributed by atoms with Crippen molar-refractivity contribution in [2.45, 2.75) is 26.5 Å². The number of amides is 1. The lowest BCUT2D eigenvalue weighted by Gasteiger charge is -2.12. The van der Waals surface area contributed by atoms with Crippen molar-refractivity contribution in [2.24, 2.45) is 0 Å². The zero-order valence-electron chi connectivity index (χ0n) is 15.8. The van der Waals surface area contributed by atoms with Gasteiger partial charge in [-0.1, -0.05) is 29.8 Å². The number of halogens is 1. The van der Waals surface area contributed by atoms with E-state index in [0.717, 1.165) is 22.7 Å². The van der Waals surface area contributed by atoms with E-state index in [1.54, 1.807) is 18.3 Å². The average Bonchev–Trinajstić information content (AvgIpc) is 2.68. The van der Waals surface area contributed by atoms with E-state index in [4.69, 9.17) is 16.3 Å². The lowest BCUT2D eigenvalue weighted by atomic mass is 10.2. The highest BCUT2D eigenvalue weighted by molar-refractivity contribution is 6.31. The molecular formula is C22H22ClN3O2. The third kappa shape index (κ3) is 5.47. The molecule has 0 unspecified atom stereocenters. The third-order valence-corrected chi connectivity index (χ3v) is 4.27. The first kappa shape index (κ1) is 19.7. The van der Waals surface area contributed by atoms with Crippen LogP contribution in [0.15, 0.2) is 66.9 Å². The van der Waals surface area contributed by atoms with Crippen molar-refractivity contribution in [2.75, 3.05) is 5.32 Å². The summed E-state index contributed by atoms with van der Waals surface area (Å²) in [5, 5.41) is 6.73. The number of rotatable bonds is 7. The third-order valence-electron chi connectivity index (χ3n) is 3.90. The van der Waals surface area contributed by atoms with Gasteiger partial charge in [0.1, 0.15) is 11.4 Å². The van der Waals surface area contributed by atoms with Crippen LogP contribution in [-0.4, -0.2) is 17.0 Å². The van der Waals surface area contributed by atoms with E-state index in [0.29, 0.717) is 17.3 Å². The fourth-order valence-electron chi connectivity index (χ4n) is 2.60. The quantitative estimate of drug-likeness (QED) is 0.577. The smallest absolute Gasteiger partial charge is 0.270 e.